The van der Waals surface area contributed by atoms with Crippen LogP contribution < -0.4 is 0 Å². The van der Waals surface area contributed by atoms with Crippen molar-refractivity contribution in [3.63, 3.8) is 0 Å². The first-order valence-electron chi connectivity index (χ1n) is 1.25. The van der Waals surface area contributed by atoms with E-state index in [1.54, 1.807) is 0 Å². The molecule has 0 radical (unpaired) electrons. The monoisotopic (exact) mass is 296 g/mol. The van der Waals surface area contributed by atoms with E-state index in [0.29, 0.717) is 0 Å². The van der Waals surface area contributed by atoms with Gasteiger partial charge in [0.15, 0.2) is 0 Å². The van der Waals surface area contributed by atoms with E-state index in [2.05, 4.69) is 17.3 Å². The van der Waals surface area contributed by atoms with Gasteiger partial charge in [-0.2, -0.15) is 0 Å². The Hall–Kier alpha value is 1.39. The van der Waals surface area contributed by atoms with Crippen LogP contribution in [-0.2, 0) is 17.3 Å². The molecule has 0 bridgehead atoms. The van der Waals surface area contributed by atoms with Gasteiger partial charge < -0.3 is 10.2 Å². The minimum absolute atomic E-state index is 0.125. The van der Waals surface area contributed by atoms with E-state index >= 15 is 0 Å². The fraction of sp³-hybridized carbons (Fsp3) is 1.00. The Kier molecular flexibility index (Phi) is 28.0. The molecule has 0 atom stereocenters. The van der Waals surface area contributed by atoms with Crippen molar-refractivity contribution in [2.24, 2.45) is 0 Å². The molecular formula is C2H6AgIO2. The molecule has 4 heteroatoms. The molecule has 0 aliphatic heterocycles. The normalized spacial score (nSPS) is 6.17. The molecule has 44 valence electrons. The molecule has 2 N–H and O–H groups in total. The van der Waals surface area contributed by atoms with Gasteiger partial charge in [0.25, 0.3) is 0 Å². The number of halogens is 1. The molecule has 6 heavy (non-hydrogen) atoms. The zero-order valence-corrected chi connectivity index (χ0v) is 6.63. The van der Waals surface area contributed by atoms with Crippen molar-refractivity contribution in [1.29, 1.82) is 0 Å². The van der Waals surface area contributed by atoms with E-state index in [1.807, 2.05) is 19.0 Å². The van der Waals surface area contributed by atoms with Gasteiger partial charge in [0.2, 0.25) is 0 Å². The molecular weight excluding hydrogens is 291 g/mol. The van der Waals surface area contributed by atoms with Crippen molar-refractivity contribution < 1.29 is 27.5 Å². The number of rotatable bonds is 1. The average Bonchev–Trinajstić information content (AvgIpc) is 1.72. The second kappa shape index (κ2) is 16.2. The maximum absolute atomic E-state index is 7.62. The van der Waals surface area contributed by atoms with Crippen LogP contribution in [0.2, 0.25) is 0 Å². The van der Waals surface area contributed by atoms with Crippen molar-refractivity contribution in [1.82, 2.24) is 0 Å². The van der Waals surface area contributed by atoms with Gasteiger partial charge in [-0.05, 0) is 0 Å². The molecule has 0 saturated heterocycles. The molecule has 0 aromatic heterocycles. The second-order valence-electron chi connectivity index (χ2n) is 0.447. The minimum atomic E-state index is -0.125. The SMILES string of the molecule is OCCO.[Ag][I]. The summed E-state index contributed by atoms with van der Waals surface area (Å²) >= 11 is 4.88. The fourth-order valence-electron chi connectivity index (χ4n) is 0. The Morgan fingerprint density at radius 1 is 1.17 bits per heavy atom. The molecule has 0 rings (SSSR count). The zero-order valence-electron chi connectivity index (χ0n) is 2.99. The summed E-state index contributed by atoms with van der Waals surface area (Å²) in [6, 6.07) is 0. The molecule has 0 aromatic carbocycles. The van der Waals surface area contributed by atoms with Gasteiger partial charge in [-0.15, -0.1) is 0 Å². The van der Waals surface area contributed by atoms with Crippen molar-refractivity contribution in [3.05, 3.63) is 0 Å². The van der Waals surface area contributed by atoms with Crippen molar-refractivity contribution in [3.8, 4) is 0 Å². The third-order valence-electron chi connectivity index (χ3n) is 0.1000. The molecule has 0 fully saturated rings. The van der Waals surface area contributed by atoms with Crippen LogP contribution in [0.5, 0.6) is 0 Å². The van der Waals surface area contributed by atoms with Crippen LogP contribution in [0.1, 0.15) is 0 Å². The second-order valence-corrected chi connectivity index (χ2v) is 0.447. The summed E-state index contributed by atoms with van der Waals surface area (Å²) in [6.07, 6.45) is 0. The summed E-state index contributed by atoms with van der Waals surface area (Å²) in [5.41, 5.74) is 0. The van der Waals surface area contributed by atoms with Crippen LogP contribution in [-0.4, -0.2) is 23.4 Å². The van der Waals surface area contributed by atoms with Crippen LogP contribution >= 0.6 is 19.0 Å². The van der Waals surface area contributed by atoms with Gasteiger partial charge >= 0.3 is 36.3 Å². The molecule has 0 unspecified atom stereocenters. The van der Waals surface area contributed by atoms with Gasteiger partial charge in [0, 0.05) is 0 Å². The summed E-state index contributed by atoms with van der Waals surface area (Å²) in [7, 11) is 0. The van der Waals surface area contributed by atoms with Gasteiger partial charge in [0.05, 0.1) is 13.2 Å². The van der Waals surface area contributed by atoms with Crippen LogP contribution in [0, 0.1) is 0 Å². The van der Waals surface area contributed by atoms with Crippen LogP contribution in [0.3, 0.4) is 0 Å². The Morgan fingerprint density at radius 3 is 1.33 bits per heavy atom. The third kappa shape index (κ3) is 18.2. The van der Waals surface area contributed by atoms with Crippen molar-refractivity contribution in [2.75, 3.05) is 13.2 Å². The number of aliphatic hydroxyl groups is 2. The van der Waals surface area contributed by atoms with Gasteiger partial charge in [-0.1, -0.05) is 0 Å². The molecule has 0 saturated carbocycles. The summed E-state index contributed by atoms with van der Waals surface area (Å²) in [5, 5.41) is 15.2. The molecule has 0 spiro atoms. The zero-order chi connectivity index (χ0) is 5.41. The van der Waals surface area contributed by atoms with Crippen molar-refractivity contribution in [2.45, 2.75) is 0 Å². The van der Waals surface area contributed by atoms with E-state index in [4.69, 9.17) is 10.2 Å². The maximum atomic E-state index is 7.62. The Bertz CT molecular complexity index is 13.5. The Labute approximate surface area is 59.4 Å². The predicted molar refractivity (Wildman–Crippen MR) is 28.2 cm³/mol. The molecule has 0 aromatic rings. The number of aliphatic hydroxyl groups excluding tert-OH is 2. The van der Waals surface area contributed by atoms with E-state index in [9.17, 15) is 0 Å². The molecule has 0 aliphatic rings. The van der Waals surface area contributed by atoms with Gasteiger partial charge in [0.1, 0.15) is 0 Å². The quantitative estimate of drug-likeness (QED) is 0.522. The van der Waals surface area contributed by atoms with Crippen LogP contribution in [0.25, 0.3) is 0 Å². The van der Waals surface area contributed by atoms with E-state index < -0.39 is 0 Å². The Balaban J connectivity index is 0. The number of hydrogen-bond acceptors (Lipinski definition) is 2. The summed E-state index contributed by atoms with van der Waals surface area (Å²) in [6.45, 7) is -0.250. The standard InChI is InChI=1S/C2H6O2.Ag.HI/c3-1-2-4;;/h3-4H,1-2H2;;1H/q;+1;/p-1. The summed E-state index contributed by atoms with van der Waals surface area (Å²) < 4.78 is 0. The van der Waals surface area contributed by atoms with E-state index in [0.717, 1.165) is 0 Å². The van der Waals surface area contributed by atoms with Crippen LogP contribution in [0.4, 0.5) is 0 Å². The van der Waals surface area contributed by atoms with Crippen LogP contribution in [0.15, 0.2) is 0 Å². The molecule has 0 aliphatic carbocycles. The van der Waals surface area contributed by atoms with E-state index in [1.165, 1.54) is 0 Å². The first kappa shape index (κ1) is 10.4. The number of hydrogen-bond donors (Lipinski definition) is 2. The molecule has 0 heterocycles. The first-order chi connectivity index (χ1) is 2.91. The molecule has 2 nitrogen and oxygen atoms in total. The van der Waals surface area contributed by atoms with Crippen molar-refractivity contribution >= 4 is 19.0 Å². The van der Waals surface area contributed by atoms with E-state index in [-0.39, 0.29) is 13.2 Å². The van der Waals surface area contributed by atoms with Gasteiger partial charge in [-0.3, -0.25) is 0 Å². The predicted octanol–water partition coefficient (Wildman–Crippen LogP) is -0.146. The van der Waals surface area contributed by atoms with Gasteiger partial charge in [-0.25, -0.2) is 0 Å². The Morgan fingerprint density at radius 2 is 1.33 bits per heavy atom. The summed E-state index contributed by atoms with van der Waals surface area (Å²) in [5.74, 6) is 0. The average molecular weight is 297 g/mol. The first-order valence-corrected chi connectivity index (χ1v) is 5.66. The topological polar surface area (TPSA) is 40.5 Å². The summed E-state index contributed by atoms with van der Waals surface area (Å²) in [4.78, 5) is 0. The fourth-order valence-corrected chi connectivity index (χ4v) is 0. The third-order valence-corrected chi connectivity index (χ3v) is 0.1000. The molecule has 0 amide bonds.